The van der Waals surface area contributed by atoms with Crippen LogP contribution >= 0.6 is 23.2 Å². The van der Waals surface area contributed by atoms with Crippen molar-refractivity contribution in [3.8, 4) is 22.3 Å². The van der Waals surface area contributed by atoms with E-state index in [1.165, 1.54) is 9.80 Å². The van der Waals surface area contributed by atoms with Crippen LogP contribution in [-0.4, -0.2) is 149 Å². The summed E-state index contributed by atoms with van der Waals surface area (Å²) in [4.78, 5) is 112. The summed E-state index contributed by atoms with van der Waals surface area (Å²) >= 11 is 11.0. The number of likely N-dealkylation sites (tertiary alicyclic amines) is 3. The Hall–Kier alpha value is -4.73. The van der Waals surface area contributed by atoms with Crippen LogP contribution in [-0.2, 0) is 51.9 Å². The number of ether oxygens (including phenoxy) is 4. The zero-order valence-electron chi connectivity index (χ0n) is 45.9. The first kappa shape index (κ1) is 71.4. The van der Waals surface area contributed by atoms with Crippen molar-refractivity contribution in [3.63, 3.8) is 0 Å². The number of benzene rings is 4. The van der Waals surface area contributed by atoms with E-state index in [9.17, 15) is 48.3 Å². The minimum absolute atomic E-state index is 0. The minimum atomic E-state index is -1.21. The molecule has 425 valence electrons. The van der Waals surface area contributed by atoms with Crippen LogP contribution in [0.3, 0.4) is 0 Å². The number of likely N-dealkylation sites (N-methyl/N-ethyl adjacent to an activating group) is 1. The largest absolute Gasteiger partial charge is 1.00 e. The van der Waals surface area contributed by atoms with Gasteiger partial charge < -0.3 is 28.8 Å². The number of carbonyl (C=O) groups is 9. The van der Waals surface area contributed by atoms with Gasteiger partial charge in [-0.15, -0.1) is 23.2 Å². The zero-order chi connectivity index (χ0) is 56.6. The summed E-state index contributed by atoms with van der Waals surface area (Å²) < 4.78 is 21.0. The predicted molar refractivity (Wildman–Crippen MR) is 294 cm³/mol. The van der Waals surface area contributed by atoms with Gasteiger partial charge in [0.2, 0.25) is 0 Å². The minimum Gasteiger partial charge on any atom is -0.548 e. The number of carboxylic acid groups (broad SMARTS) is 1. The maximum Gasteiger partial charge on any atom is 1.00 e. The van der Waals surface area contributed by atoms with Gasteiger partial charge in [0.15, 0.2) is 36.3 Å². The molecule has 7 rings (SSSR count). The van der Waals surface area contributed by atoms with E-state index in [2.05, 4.69) is 0 Å². The molecule has 3 atom stereocenters. The van der Waals surface area contributed by atoms with Crippen molar-refractivity contribution in [1.82, 2.24) is 14.7 Å². The molecule has 0 aromatic heterocycles. The summed E-state index contributed by atoms with van der Waals surface area (Å²) in [5.74, 6) is -3.08. The Morgan fingerprint density at radius 3 is 1.07 bits per heavy atom. The van der Waals surface area contributed by atoms with Gasteiger partial charge in [-0.05, 0) is 116 Å². The Balaban J connectivity index is 0.000000477. The fourth-order valence-corrected chi connectivity index (χ4v) is 8.80. The number of ketones is 4. The van der Waals surface area contributed by atoms with Crippen LogP contribution < -0.4 is 56.5 Å². The first-order chi connectivity index (χ1) is 36.4. The maximum absolute atomic E-state index is 12.7. The number of carbonyl (C=O) groups excluding carboxylic acids is 9. The van der Waals surface area contributed by atoms with E-state index in [1.807, 2.05) is 36.2 Å². The number of hydrogen-bond acceptors (Lipinski definition) is 15. The molecule has 3 fully saturated rings. The molecule has 17 nitrogen and oxygen atoms in total. The number of esters is 2. The number of rotatable bonds is 15. The van der Waals surface area contributed by atoms with Gasteiger partial charge in [0, 0.05) is 53.9 Å². The second-order valence-corrected chi connectivity index (χ2v) is 21.1. The third-order valence-corrected chi connectivity index (χ3v) is 13.0. The molecule has 21 heteroatoms. The number of halogens is 2. The number of Topliss-reactive ketones (excluding diaryl/α,β-unsaturated/α-hetero) is 4. The molecule has 1 radical (unpaired) electrons. The van der Waals surface area contributed by atoms with Gasteiger partial charge in [-0.2, -0.15) is 0 Å². The van der Waals surface area contributed by atoms with Gasteiger partial charge in [-0.1, -0.05) is 104 Å². The van der Waals surface area contributed by atoms with Crippen molar-refractivity contribution >= 4 is 76.4 Å². The SMILES string of the molecule is C.CC(C)(C)OC(=O)N1CCC[C@@H]1C(=O)[O-].CN1CCC[C@H]1C(=O)OCC(=O)c1ccc(-c2ccc(C(=O)COC(=O)[C@@H]3CCCN3C(=O)OC(C)(C)C)cc2)cc1.O=C(CCl)c1ccc(-c2ccc(C(=O)CCl)cc2)cc1.[K+].[V]. The van der Waals surface area contributed by atoms with Gasteiger partial charge in [-0.25, -0.2) is 14.4 Å². The molecule has 0 bridgehead atoms. The quantitative estimate of drug-likeness (QED) is 0.0421. The Morgan fingerprint density at radius 2 is 0.775 bits per heavy atom. The van der Waals surface area contributed by atoms with E-state index in [-0.39, 0.29) is 131 Å². The molecule has 0 spiro atoms. The van der Waals surface area contributed by atoms with Crippen molar-refractivity contribution in [3.05, 3.63) is 119 Å². The Kier molecular flexibility index (Phi) is 29.8. The van der Waals surface area contributed by atoms with E-state index in [0.717, 1.165) is 41.6 Å². The Bertz CT molecular complexity index is 2690. The number of amides is 2. The van der Waals surface area contributed by atoms with E-state index in [1.54, 1.807) is 114 Å². The van der Waals surface area contributed by atoms with Crippen LogP contribution in [0.15, 0.2) is 97.1 Å². The fraction of sp³-hybridized carbons (Fsp3) is 0.441. The van der Waals surface area contributed by atoms with Crippen LogP contribution in [0.25, 0.3) is 22.3 Å². The summed E-state index contributed by atoms with van der Waals surface area (Å²) in [6.07, 6.45) is 2.75. The smallest absolute Gasteiger partial charge is 0.548 e. The molecule has 4 aromatic carbocycles. The second kappa shape index (κ2) is 33.4. The van der Waals surface area contributed by atoms with Crippen LogP contribution in [0.1, 0.15) is 129 Å². The third kappa shape index (κ3) is 21.5. The molecular weight excluding hydrogens is 1140 g/mol. The van der Waals surface area contributed by atoms with Crippen LogP contribution in [0, 0.1) is 0 Å². The standard InChI is InChI=1S/C32H38N2O8.C16H12Cl2O2.C10H17NO4.CH4.K.V/c1-32(2,3)42-31(39)34-18-6-8-26(34)30(38)41-20-28(36)24-15-11-22(12-16-24)21-9-13-23(14-10-21)27(35)19-40-29(37)25-7-5-17-33(25)4;17-9-15(19)13-5-1-11(2-6-13)12-3-7-14(8-4-12)16(20)10-18;1-10(2,3)15-9(14)11-6-4-5-7(11)8(12)13;;;/h9-16,25-26H,5-8,17-20H2,1-4H3;1-8H,9-10H2;7H,4-6H2,1-3H3,(H,12,13);1H4;;/q;;;;+1;/p-1/t25-,26-;;7-;;;/m0.1.../s1. The number of alkyl halides is 2. The van der Waals surface area contributed by atoms with Gasteiger partial charge in [0.25, 0.3) is 0 Å². The average Bonchev–Trinajstić information content (AvgIpc) is 4.21. The molecule has 0 N–H and O–H groups in total. The molecule has 4 aromatic rings. The topological polar surface area (TPSA) is 223 Å². The molecule has 3 saturated heterocycles. The molecule has 80 heavy (non-hydrogen) atoms. The molecule has 0 saturated carbocycles. The van der Waals surface area contributed by atoms with Gasteiger partial charge in [0.05, 0.1) is 23.8 Å². The van der Waals surface area contributed by atoms with Gasteiger partial charge >= 0.3 is 75.5 Å². The van der Waals surface area contributed by atoms with Crippen LogP contribution in [0.5, 0.6) is 0 Å². The molecule has 3 heterocycles. The summed E-state index contributed by atoms with van der Waals surface area (Å²) in [5.41, 5.74) is 4.34. The Morgan fingerprint density at radius 1 is 0.487 bits per heavy atom. The monoisotopic (exact) mass is 1200 g/mol. The van der Waals surface area contributed by atoms with E-state index in [4.69, 9.17) is 42.1 Å². The van der Waals surface area contributed by atoms with Crippen molar-refractivity contribution in [2.45, 2.75) is 117 Å². The second-order valence-electron chi connectivity index (χ2n) is 20.6. The third-order valence-electron chi connectivity index (χ3n) is 12.5. The van der Waals surface area contributed by atoms with Crippen molar-refractivity contribution < 1.29 is 137 Å². The fourth-order valence-electron chi connectivity index (χ4n) is 8.49. The van der Waals surface area contributed by atoms with Gasteiger partial charge in [0.1, 0.15) is 23.3 Å². The first-order valence-electron chi connectivity index (χ1n) is 25.3. The summed E-state index contributed by atoms with van der Waals surface area (Å²) in [5, 5.41) is 10.7. The molecule has 0 unspecified atom stereocenters. The molecule has 3 aliphatic heterocycles. The number of nitrogens with zero attached hydrogens (tertiary/aromatic N) is 3. The number of hydrogen-bond donors (Lipinski definition) is 0. The molecule has 2 amide bonds. The summed E-state index contributed by atoms with van der Waals surface area (Å²) in [6, 6.07) is 26.3. The van der Waals surface area contributed by atoms with Gasteiger partial charge in [-0.3, -0.25) is 38.7 Å². The maximum atomic E-state index is 12.7. The van der Waals surface area contributed by atoms with Crippen molar-refractivity contribution in [2.24, 2.45) is 0 Å². The van der Waals surface area contributed by atoms with Crippen molar-refractivity contribution in [1.29, 1.82) is 0 Å². The van der Waals surface area contributed by atoms with Crippen molar-refractivity contribution in [2.75, 3.05) is 51.7 Å². The molecule has 3 aliphatic rings. The first-order valence-corrected chi connectivity index (χ1v) is 26.4. The van der Waals surface area contributed by atoms with E-state index in [0.29, 0.717) is 61.0 Å². The number of carboxylic acids is 1. The molecule has 0 aliphatic carbocycles. The summed E-state index contributed by atoms with van der Waals surface area (Å²) in [7, 11) is 1.87. The predicted octanol–water partition coefficient (Wildman–Crippen LogP) is 6.27. The number of aliphatic carboxylic acids is 1. The zero-order valence-corrected chi connectivity index (χ0v) is 52.0. The summed E-state index contributed by atoms with van der Waals surface area (Å²) in [6.45, 7) is 11.4. The normalized spacial score (nSPS) is 16.5. The van der Waals surface area contributed by atoms with Crippen LogP contribution in [0.4, 0.5) is 9.59 Å². The Labute approximate surface area is 533 Å². The molecular formula is C59H70Cl2KN3O14V. The van der Waals surface area contributed by atoms with E-state index >= 15 is 0 Å². The van der Waals surface area contributed by atoms with Crippen LogP contribution in [0.2, 0.25) is 0 Å². The van der Waals surface area contributed by atoms with E-state index < -0.39 is 54.0 Å². The average molecular weight is 1210 g/mol.